The fraction of sp³-hybridized carbons (Fsp3) is 0.182. The van der Waals surface area contributed by atoms with E-state index in [4.69, 9.17) is 4.42 Å². The zero-order valence-electron chi connectivity index (χ0n) is 8.60. The Balaban J connectivity index is 2.90. The Labute approximate surface area is 90.5 Å². The lowest BCUT2D eigenvalue weighted by atomic mass is 10.1. The smallest absolute Gasteiger partial charge is 0.344 e. The van der Waals surface area contributed by atoms with E-state index in [1.165, 1.54) is 18.2 Å². The van der Waals surface area contributed by atoms with Gasteiger partial charge in [0.2, 0.25) is 0 Å². The lowest BCUT2D eigenvalue weighted by Gasteiger charge is -2.00. The molecule has 0 bridgehead atoms. The molecule has 0 spiro atoms. The minimum Gasteiger partial charge on any atom is -0.427 e. The van der Waals surface area contributed by atoms with E-state index in [9.17, 15) is 14.9 Å². The van der Waals surface area contributed by atoms with Gasteiger partial charge in [0.15, 0.2) is 0 Å². The molecule has 5 heteroatoms. The average Bonchev–Trinajstić information content (AvgIpc) is 2.28. The molecule has 16 heavy (non-hydrogen) atoms. The molecule has 0 N–H and O–H groups in total. The number of nitro groups is 1. The maximum Gasteiger partial charge on any atom is 0.344 e. The molecule has 0 atom stereocenters. The number of benzene rings is 1. The predicted octanol–water partition coefficient (Wildman–Crippen LogP) is 2.26. The second-order valence-electron chi connectivity index (χ2n) is 3.35. The van der Waals surface area contributed by atoms with Crippen LogP contribution >= 0.6 is 0 Å². The van der Waals surface area contributed by atoms with Crippen molar-refractivity contribution in [2.75, 3.05) is 0 Å². The molecule has 0 aliphatic rings. The summed E-state index contributed by atoms with van der Waals surface area (Å²) in [7, 11) is 0. The Morgan fingerprint density at radius 1 is 1.38 bits per heavy atom. The fourth-order valence-corrected chi connectivity index (χ4v) is 1.58. The molecule has 0 radical (unpaired) electrons. The summed E-state index contributed by atoms with van der Waals surface area (Å²) in [6.45, 7) is 1.82. The van der Waals surface area contributed by atoms with Crippen LogP contribution < -0.4 is 5.63 Å². The van der Waals surface area contributed by atoms with Gasteiger partial charge in [-0.1, -0.05) is 13.0 Å². The number of hydrogen-bond donors (Lipinski definition) is 0. The van der Waals surface area contributed by atoms with Crippen LogP contribution in [-0.2, 0) is 6.42 Å². The first kappa shape index (κ1) is 10.4. The van der Waals surface area contributed by atoms with Crippen molar-refractivity contribution in [3.05, 3.63) is 50.6 Å². The van der Waals surface area contributed by atoms with Gasteiger partial charge in [0.05, 0.1) is 15.7 Å². The van der Waals surface area contributed by atoms with Crippen LogP contribution in [0, 0.1) is 10.1 Å². The van der Waals surface area contributed by atoms with Crippen LogP contribution in [0.5, 0.6) is 0 Å². The van der Waals surface area contributed by atoms with Crippen molar-refractivity contribution in [3.8, 4) is 0 Å². The average molecular weight is 219 g/mol. The maximum absolute atomic E-state index is 11.5. The molecular weight excluding hydrogens is 210 g/mol. The van der Waals surface area contributed by atoms with Crippen molar-refractivity contribution >= 4 is 16.5 Å². The summed E-state index contributed by atoms with van der Waals surface area (Å²) in [4.78, 5) is 21.8. The SMILES string of the molecule is CCc1cc2c([N+](=O)[O-])cccc2c(=O)o1. The van der Waals surface area contributed by atoms with Gasteiger partial charge in [-0.05, 0) is 12.1 Å². The van der Waals surface area contributed by atoms with E-state index < -0.39 is 10.5 Å². The van der Waals surface area contributed by atoms with Gasteiger partial charge in [-0.15, -0.1) is 0 Å². The summed E-state index contributed by atoms with van der Waals surface area (Å²) >= 11 is 0. The van der Waals surface area contributed by atoms with Gasteiger partial charge in [0.25, 0.3) is 5.69 Å². The molecule has 0 saturated heterocycles. The number of nitro benzene ring substituents is 1. The topological polar surface area (TPSA) is 73.3 Å². The standard InChI is InChI=1S/C11H9NO4/c1-2-7-6-9-8(11(13)16-7)4-3-5-10(9)12(14)15/h3-6H,2H2,1H3. The highest BCUT2D eigenvalue weighted by atomic mass is 16.6. The molecule has 0 saturated carbocycles. The lowest BCUT2D eigenvalue weighted by Crippen LogP contribution is -2.03. The predicted molar refractivity (Wildman–Crippen MR) is 58.5 cm³/mol. The first-order valence-corrected chi connectivity index (χ1v) is 4.83. The van der Waals surface area contributed by atoms with E-state index in [0.29, 0.717) is 17.6 Å². The van der Waals surface area contributed by atoms with Crippen molar-refractivity contribution in [2.24, 2.45) is 0 Å². The Bertz CT molecular complexity index is 615. The van der Waals surface area contributed by atoms with Crippen LogP contribution in [0.15, 0.2) is 33.5 Å². The van der Waals surface area contributed by atoms with Gasteiger partial charge >= 0.3 is 5.63 Å². The van der Waals surface area contributed by atoms with E-state index in [-0.39, 0.29) is 11.1 Å². The van der Waals surface area contributed by atoms with Gasteiger partial charge in [-0.25, -0.2) is 4.79 Å². The van der Waals surface area contributed by atoms with Gasteiger partial charge in [-0.3, -0.25) is 10.1 Å². The molecule has 0 amide bonds. The molecule has 1 aromatic carbocycles. The molecule has 0 aliphatic carbocycles. The van der Waals surface area contributed by atoms with E-state index >= 15 is 0 Å². The van der Waals surface area contributed by atoms with E-state index in [0.717, 1.165) is 0 Å². The molecular formula is C11H9NO4. The monoisotopic (exact) mass is 219 g/mol. The number of fused-ring (bicyclic) bond motifs is 1. The number of rotatable bonds is 2. The number of hydrogen-bond acceptors (Lipinski definition) is 4. The molecule has 2 rings (SSSR count). The molecule has 0 aliphatic heterocycles. The minimum absolute atomic E-state index is 0.0694. The van der Waals surface area contributed by atoms with Crippen molar-refractivity contribution < 1.29 is 9.34 Å². The fourth-order valence-electron chi connectivity index (χ4n) is 1.58. The molecule has 0 fully saturated rings. The molecule has 1 heterocycles. The Kier molecular flexibility index (Phi) is 2.44. The van der Waals surface area contributed by atoms with E-state index in [2.05, 4.69) is 0 Å². The van der Waals surface area contributed by atoms with Gasteiger partial charge in [0.1, 0.15) is 5.76 Å². The van der Waals surface area contributed by atoms with Crippen molar-refractivity contribution in [1.29, 1.82) is 0 Å². The third kappa shape index (κ3) is 1.56. The van der Waals surface area contributed by atoms with Gasteiger partial charge in [-0.2, -0.15) is 0 Å². The van der Waals surface area contributed by atoms with Crippen LogP contribution in [0.4, 0.5) is 5.69 Å². The Morgan fingerprint density at radius 3 is 2.75 bits per heavy atom. The third-order valence-electron chi connectivity index (χ3n) is 2.38. The van der Waals surface area contributed by atoms with Crippen LogP contribution in [0.1, 0.15) is 12.7 Å². The number of aryl methyl sites for hydroxylation is 1. The van der Waals surface area contributed by atoms with Crippen LogP contribution in [-0.4, -0.2) is 4.92 Å². The van der Waals surface area contributed by atoms with Crippen molar-refractivity contribution in [2.45, 2.75) is 13.3 Å². The highest BCUT2D eigenvalue weighted by molar-refractivity contribution is 5.89. The zero-order chi connectivity index (χ0) is 11.7. The Hall–Kier alpha value is -2.17. The summed E-state index contributed by atoms with van der Waals surface area (Å²) in [5.41, 5.74) is -0.599. The summed E-state index contributed by atoms with van der Waals surface area (Å²) < 4.78 is 5.00. The van der Waals surface area contributed by atoms with Gasteiger partial charge in [0, 0.05) is 12.5 Å². The highest BCUT2D eigenvalue weighted by Crippen LogP contribution is 2.23. The summed E-state index contributed by atoms with van der Waals surface area (Å²) in [5.74, 6) is 0.451. The summed E-state index contributed by atoms with van der Waals surface area (Å²) in [5, 5.41) is 11.4. The quantitative estimate of drug-likeness (QED) is 0.573. The van der Waals surface area contributed by atoms with Crippen LogP contribution in [0.2, 0.25) is 0 Å². The largest absolute Gasteiger partial charge is 0.427 e. The van der Waals surface area contributed by atoms with Crippen LogP contribution in [0.25, 0.3) is 10.8 Å². The highest BCUT2D eigenvalue weighted by Gasteiger charge is 2.14. The number of non-ortho nitro benzene ring substituents is 1. The maximum atomic E-state index is 11.5. The third-order valence-corrected chi connectivity index (χ3v) is 2.38. The zero-order valence-corrected chi connectivity index (χ0v) is 8.60. The molecule has 82 valence electrons. The summed E-state index contributed by atoms with van der Waals surface area (Å²) in [6.07, 6.45) is 0.525. The second kappa shape index (κ2) is 3.77. The van der Waals surface area contributed by atoms with E-state index in [1.54, 1.807) is 6.07 Å². The first-order chi connectivity index (χ1) is 7.63. The van der Waals surface area contributed by atoms with Crippen molar-refractivity contribution in [1.82, 2.24) is 0 Å². The molecule has 0 unspecified atom stereocenters. The normalized spacial score (nSPS) is 10.6. The van der Waals surface area contributed by atoms with E-state index in [1.807, 2.05) is 6.92 Å². The number of nitrogens with zero attached hydrogens (tertiary/aromatic N) is 1. The van der Waals surface area contributed by atoms with Crippen LogP contribution in [0.3, 0.4) is 0 Å². The minimum atomic E-state index is -0.530. The summed E-state index contributed by atoms with van der Waals surface area (Å²) in [6, 6.07) is 5.92. The molecule has 5 nitrogen and oxygen atoms in total. The first-order valence-electron chi connectivity index (χ1n) is 4.83. The second-order valence-corrected chi connectivity index (χ2v) is 3.35. The molecule has 1 aromatic heterocycles. The Morgan fingerprint density at radius 2 is 2.12 bits per heavy atom. The lowest BCUT2D eigenvalue weighted by molar-refractivity contribution is -0.383. The van der Waals surface area contributed by atoms with Crippen molar-refractivity contribution in [3.63, 3.8) is 0 Å². The van der Waals surface area contributed by atoms with Gasteiger partial charge < -0.3 is 4.42 Å². The molecule has 2 aromatic rings.